The van der Waals surface area contributed by atoms with Gasteiger partial charge < -0.3 is 5.11 Å². The van der Waals surface area contributed by atoms with E-state index < -0.39 is 0 Å². The third kappa shape index (κ3) is 3.25. The Bertz CT molecular complexity index is 233. The SMILES string of the molecule is OC(CBr)Cc1ccc(Br)cc1. The van der Waals surface area contributed by atoms with Gasteiger partial charge in [-0.25, -0.2) is 0 Å². The molecule has 0 aliphatic carbocycles. The number of aliphatic hydroxyl groups excluding tert-OH is 1. The Morgan fingerprint density at radius 3 is 2.33 bits per heavy atom. The van der Waals surface area contributed by atoms with Crippen LogP contribution >= 0.6 is 31.9 Å². The van der Waals surface area contributed by atoms with Crippen molar-refractivity contribution >= 4 is 31.9 Å². The summed E-state index contributed by atoms with van der Waals surface area (Å²) in [5.41, 5.74) is 1.16. The van der Waals surface area contributed by atoms with E-state index in [9.17, 15) is 5.11 Å². The summed E-state index contributed by atoms with van der Waals surface area (Å²) in [6, 6.07) is 7.98. The van der Waals surface area contributed by atoms with Crippen molar-refractivity contribution in [2.45, 2.75) is 12.5 Å². The van der Waals surface area contributed by atoms with Crippen LogP contribution in [0.5, 0.6) is 0 Å². The highest BCUT2D eigenvalue weighted by Crippen LogP contribution is 2.12. The largest absolute Gasteiger partial charge is 0.392 e. The van der Waals surface area contributed by atoms with Gasteiger partial charge in [0, 0.05) is 9.80 Å². The molecule has 1 atom stereocenters. The Balaban J connectivity index is 2.58. The third-order valence-electron chi connectivity index (χ3n) is 1.56. The number of rotatable bonds is 3. The normalized spacial score (nSPS) is 12.9. The number of hydrogen-bond acceptors (Lipinski definition) is 1. The van der Waals surface area contributed by atoms with E-state index in [1.807, 2.05) is 24.3 Å². The third-order valence-corrected chi connectivity index (χ3v) is 2.84. The minimum atomic E-state index is -0.286. The number of hydrogen-bond donors (Lipinski definition) is 1. The average molecular weight is 294 g/mol. The standard InChI is InChI=1S/C9H10Br2O/c10-6-9(12)5-7-1-3-8(11)4-2-7/h1-4,9,12H,5-6H2. The van der Waals surface area contributed by atoms with Crippen molar-refractivity contribution < 1.29 is 5.11 Å². The lowest BCUT2D eigenvalue weighted by molar-refractivity contribution is 0.201. The quantitative estimate of drug-likeness (QED) is 0.850. The second-order valence-corrected chi connectivity index (χ2v) is 4.20. The van der Waals surface area contributed by atoms with Crippen LogP contribution in [0.2, 0.25) is 0 Å². The van der Waals surface area contributed by atoms with Gasteiger partial charge in [-0.05, 0) is 24.1 Å². The smallest absolute Gasteiger partial charge is 0.0677 e. The highest BCUT2D eigenvalue weighted by Gasteiger charge is 2.02. The van der Waals surface area contributed by atoms with Crippen molar-refractivity contribution in [2.24, 2.45) is 0 Å². The fourth-order valence-electron chi connectivity index (χ4n) is 0.947. The molecule has 0 saturated heterocycles. The fourth-order valence-corrected chi connectivity index (χ4v) is 1.44. The molecule has 0 bridgehead atoms. The van der Waals surface area contributed by atoms with Crippen LogP contribution in [0.15, 0.2) is 28.7 Å². The van der Waals surface area contributed by atoms with E-state index in [2.05, 4.69) is 31.9 Å². The lowest BCUT2D eigenvalue weighted by atomic mass is 10.1. The zero-order valence-electron chi connectivity index (χ0n) is 6.50. The van der Waals surface area contributed by atoms with Gasteiger partial charge in [0.15, 0.2) is 0 Å². The van der Waals surface area contributed by atoms with Crippen molar-refractivity contribution in [1.82, 2.24) is 0 Å². The van der Waals surface area contributed by atoms with E-state index in [0.29, 0.717) is 11.8 Å². The van der Waals surface area contributed by atoms with E-state index >= 15 is 0 Å². The summed E-state index contributed by atoms with van der Waals surface area (Å²) in [6.07, 6.45) is 0.421. The summed E-state index contributed by atoms with van der Waals surface area (Å²) < 4.78 is 1.07. The van der Waals surface area contributed by atoms with E-state index in [4.69, 9.17) is 0 Å². The summed E-state index contributed by atoms with van der Waals surface area (Å²) in [5, 5.41) is 9.95. The highest BCUT2D eigenvalue weighted by molar-refractivity contribution is 9.10. The molecule has 1 nitrogen and oxygen atoms in total. The van der Waals surface area contributed by atoms with Gasteiger partial charge in [-0.15, -0.1) is 0 Å². The van der Waals surface area contributed by atoms with Crippen molar-refractivity contribution in [1.29, 1.82) is 0 Å². The Kier molecular flexibility index (Phi) is 4.26. The van der Waals surface area contributed by atoms with Crippen LogP contribution in [0.4, 0.5) is 0 Å². The average Bonchev–Trinajstić information content (AvgIpc) is 2.09. The Hall–Kier alpha value is 0.140. The molecule has 0 fully saturated rings. The molecule has 0 heterocycles. The fraction of sp³-hybridized carbons (Fsp3) is 0.333. The van der Waals surface area contributed by atoms with E-state index in [1.54, 1.807) is 0 Å². The first kappa shape index (κ1) is 10.2. The van der Waals surface area contributed by atoms with Crippen LogP contribution in [-0.2, 0) is 6.42 Å². The molecule has 0 aliphatic rings. The van der Waals surface area contributed by atoms with Crippen molar-refractivity contribution in [2.75, 3.05) is 5.33 Å². The lowest BCUT2D eigenvalue weighted by Crippen LogP contribution is -2.11. The van der Waals surface area contributed by atoms with Gasteiger partial charge in [0.2, 0.25) is 0 Å². The van der Waals surface area contributed by atoms with Crippen LogP contribution in [0.25, 0.3) is 0 Å². The van der Waals surface area contributed by atoms with Crippen LogP contribution in [-0.4, -0.2) is 16.5 Å². The molecule has 0 aromatic heterocycles. The van der Waals surface area contributed by atoms with Crippen molar-refractivity contribution in [3.8, 4) is 0 Å². The molecule has 66 valence electrons. The summed E-state index contributed by atoms with van der Waals surface area (Å²) in [6.45, 7) is 0. The molecule has 1 aromatic rings. The molecule has 1 aromatic carbocycles. The Labute approximate surface area is 89.1 Å². The second-order valence-electron chi connectivity index (χ2n) is 2.64. The summed E-state index contributed by atoms with van der Waals surface area (Å²) >= 11 is 6.58. The first-order chi connectivity index (χ1) is 5.72. The Morgan fingerprint density at radius 2 is 1.83 bits per heavy atom. The minimum absolute atomic E-state index is 0.286. The summed E-state index contributed by atoms with van der Waals surface area (Å²) in [7, 11) is 0. The monoisotopic (exact) mass is 292 g/mol. The van der Waals surface area contributed by atoms with Gasteiger partial charge in [0.25, 0.3) is 0 Å². The molecule has 0 saturated carbocycles. The molecule has 3 heteroatoms. The van der Waals surface area contributed by atoms with E-state index in [0.717, 1.165) is 10.0 Å². The number of benzene rings is 1. The minimum Gasteiger partial charge on any atom is -0.392 e. The molecule has 1 N–H and O–H groups in total. The maximum Gasteiger partial charge on any atom is 0.0677 e. The molecule has 0 aliphatic heterocycles. The van der Waals surface area contributed by atoms with E-state index in [1.165, 1.54) is 0 Å². The molecular weight excluding hydrogens is 284 g/mol. The van der Waals surface area contributed by atoms with Crippen molar-refractivity contribution in [3.05, 3.63) is 34.3 Å². The predicted octanol–water partition coefficient (Wildman–Crippen LogP) is 2.75. The zero-order chi connectivity index (χ0) is 8.97. The van der Waals surface area contributed by atoms with Crippen LogP contribution < -0.4 is 0 Å². The van der Waals surface area contributed by atoms with Crippen LogP contribution in [0.1, 0.15) is 5.56 Å². The predicted molar refractivity (Wildman–Crippen MR) is 57.6 cm³/mol. The van der Waals surface area contributed by atoms with Gasteiger partial charge in [-0.1, -0.05) is 44.0 Å². The molecule has 0 spiro atoms. The second kappa shape index (κ2) is 5.00. The molecular formula is C9H10Br2O. The van der Waals surface area contributed by atoms with Gasteiger partial charge in [-0.3, -0.25) is 0 Å². The maximum absolute atomic E-state index is 9.32. The highest BCUT2D eigenvalue weighted by atomic mass is 79.9. The molecule has 12 heavy (non-hydrogen) atoms. The molecule has 1 unspecified atom stereocenters. The van der Waals surface area contributed by atoms with Gasteiger partial charge >= 0.3 is 0 Å². The summed E-state index contributed by atoms with van der Waals surface area (Å²) in [5.74, 6) is 0. The number of aliphatic hydroxyl groups is 1. The molecule has 0 amide bonds. The lowest BCUT2D eigenvalue weighted by Gasteiger charge is -2.05. The van der Waals surface area contributed by atoms with Crippen LogP contribution in [0.3, 0.4) is 0 Å². The van der Waals surface area contributed by atoms with E-state index in [-0.39, 0.29) is 6.10 Å². The summed E-state index contributed by atoms with van der Waals surface area (Å²) in [4.78, 5) is 0. The van der Waals surface area contributed by atoms with Crippen LogP contribution in [0, 0.1) is 0 Å². The first-order valence-electron chi connectivity index (χ1n) is 3.71. The topological polar surface area (TPSA) is 20.2 Å². The maximum atomic E-state index is 9.32. The first-order valence-corrected chi connectivity index (χ1v) is 5.62. The van der Waals surface area contributed by atoms with Gasteiger partial charge in [0.1, 0.15) is 0 Å². The number of halogens is 2. The number of alkyl halides is 1. The van der Waals surface area contributed by atoms with Gasteiger partial charge in [0.05, 0.1) is 6.10 Å². The van der Waals surface area contributed by atoms with Gasteiger partial charge in [-0.2, -0.15) is 0 Å². The molecule has 1 rings (SSSR count). The van der Waals surface area contributed by atoms with Crippen molar-refractivity contribution in [3.63, 3.8) is 0 Å². The Morgan fingerprint density at radius 1 is 1.25 bits per heavy atom. The molecule has 0 radical (unpaired) electrons. The zero-order valence-corrected chi connectivity index (χ0v) is 9.68.